The van der Waals surface area contributed by atoms with E-state index in [1.54, 1.807) is 12.1 Å². The van der Waals surface area contributed by atoms with Gasteiger partial charge < -0.3 is 5.32 Å². The molecule has 0 fully saturated rings. The molecular weight excluding hydrogens is 229 g/mol. The van der Waals surface area contributed by atoms with Crippen LogP contribution >= 0.6 is 0 Å². The van der Waals surface area contributed by atoms with Crippen molar-refractivity contribution in [3.8, 4) is 0 Å². The van der Waals surface area contributed by atoms with Gasteiger partial charge in [-0.05, 0) is 38.6 Å². The molecule has 1 atom stereocenters. The Balaban J connectivity index is 2.20. The molecule has 1 N–H and O–H groups in total. The van der Waals surface area contributed by atoms with Gasteiger partial charge in [-0.3, -0.25) is 4.68 Å². The van der Waals surface area contributed by atoms with Crippen molar-refractivity contribution in [2.24, 2.45) is 0 Å². The van der Waals surface area contributed by atoms with E-state index in [-0.39, 0.29) is 11.9 Å². The van der Waals surface area contributed by atoms with Crippen LogP contribution in [0.15, 0.2) is 30.5 Å². The van der Waals surface area contributed by atoms with Crippen molar-refractivity contribution in [3.63, 3.8) is 0 Å². The topological polar surface area (TPSA) is 29.9 Å². The van der Waals surface area contributed by atoms with E-state index in [4.69, 9.17) is 0 Å². The molecule has 0 saturated carbocycles. The van der Waals surface area contributed by atoms with Gasteiger partial charge in [0.25, 0.3) is 0 Å². The van der Waals surface area contributed by atoms with Crippen LogP contribution in [0.1, 0.15) is 29.8 Å². The Bertz CT molecular complexity index is 516. The molecule has 0 bridgehead atoms. The normalized spacial score (nSPS) is 12.7. The highest BCUT2D eigenvalue weighted by atomic mass is 19.1. The number of hydrogen-bond acceptors (Lipinski definition) is 2. The summed E-state index contributed by atoms with van der Waals surface area (Å²) in [5.74, 6) is -0.208. The summed E-state index contributed by atoms with van der Waals surface area (Å²) in [6.45, 7) is 4.83. The van der Waals surface area contributed by atoms with E-state index >= 15 is 0 Å². The maximum absolute atomic E-state index is 12.8. The zero-order valence-corrected chi connectivity index (χ0v) is 10.9. The summed E-state index contributed by atoms with van der Waals surface area (Å²) in [6.07, 6.45) is 1.89. The molecule has 1 aromatic heterocycles. The predicted octanol–water partition coefficient (Wildman–Crippen LogP) is 2.66. The van der Waals surface area contributed by atoms with Crippen LogP contribution in [0.2, 0.25) is 0 Å². The molecule has 96 valence electrons. The summed E-state index contributed by atoms with van der Waals surface area (Å²) in [6, 6.07) is 6.82. The highest BCUT2D eigenvalue weighted by Gasteiger charge is 2.11. The number of rotatable bonds is 4. The molecule has 0 aliphatic carbocycles. The number of nitrogens with one attached hydrogen (secondary N) is 1. The monoisotopic (exact) mass is 247 g/mol. The second-order valence-electron chi connectivity index (χ2n) is 4.48. The number of aromatic nitrogens is 2. The molecule has 4 heteroatoms. The van der Waals surface area contributed by atoms with E-state index < -0.39 is 0 Å². The van der Waals surface area contributed by atoms with Gasteiger partial charge in [0.1, 0.15) is 5.82 Å². The first-order valence-electron chi connectivity index (χ1n) is 6.06. The van der Waals surface area contributed by atoms with Crippen LogP contribution in [0.5, 0.6) is 0 Å². The van der Waals surface area contributed by atoms with Gasteiger partial charge in [-0.25, -0.2) is 4.39 Å². The Kier molecular flexibility index (Phi) is 3.77. The number of nitrogens with zero attached hydrogens (tertiary/aromatic N) is 2. The van der Waals surface area contributed by atoms with E-state index in [9.17, 15) is 4.39 Å². The molecule has 2 aromatic rings. The molecule has 0 aliphatic heterocycles. The molecule has 1 heterocycles. The average molecular weight is 247 g/mol. The highest BCUT2D eigenvalue weighted by molar-refractivity contribution is 5.22. The SMILES string of the molecule is CNC(C)c1cnn(Cc2ccc(F)cc2)c1C. The molecular formula is C14H18FN3. The van der Waals surface area contributed by atoms with Crippen LogP contribution < -0.4 is 5.32 Å². The van der Waals surface area contributed by atoms with E-state index in [0.717, 1.165) is 11.3 Å². The lowest BCUT2D eigenvalue weighted by Gasteiger charge is -2.10. The first-order chi connectivity index (χ1) is 8.61. The van der Waals surface area contributed by atoms with E-state index in [1.807, 2.05) is 17.9 Å². The van der Waals surface area contributed by atoms with Gasteiger partial charge in [0.05, 0.1) is 12.7 Å². The minimum absolute atomic E-state index is 0.208. The Morgan fingerprint density at radius 3 is 2.61 bits per heavy atom. The summed E-state index contributed by atoms with van der Waals surface area (Å²) >= 11 is 0. The first-order valence-corrected chi connectivity index (χ1v) is 6.06. The molecule has 1 aromatic carbocycles. The smallest absolute Gasteiger partial charge is 0.123 e. The lowest BCUT2D eigenvalue weighted by Crippen LogP contribution is -2.13. The van der Waals surface area contributed by atoms with Crippen LogP contribution in [0.4, 0.5) is 4.39 Å². The third-order valence-electron chi connectivity index (χ3n) is 3.29. The molecule has 18 heavy (non-hydrogen) atoms. The fourth-order valence-electron chi connectivity index (χ4n) is 1.96. The van der Waals surface area contributed by atoms with Crippen molar-refractivity contribution in [1.29, 1.82) is 0 Å². The summed E-state index contributed by atoms with van der Waals surface area (Å²) in [7, 11) is 1.93. The van der Waals surface area contributed by atoms with Crippen molar-refractivity contribution >= 4 is 0 Å². The maximum atomic E-state index is 12.8. The van der Waals surface area contributed by atoms with E-state index in [2.05, 4.69) is 24.3 Å². The Morgan fingerprint density at radius 1 is 1.33 bits per heavy atom. The van der Waals surface area contributed by atoms with Crippen molar-refractivity contribution in [3.05, 3.63) is 53.1 Å². The van der Waals surface area contributed by atoms with Crippen molar-refractivity contribution < 1.29 is 4.39 Å². The lowest BCUT2D eigenvalue weighted by atomic mass is 10.1. The van der Waals surface area contributed by atoms with Crippen LogP contribution in [-0.2, 0) is 6.54 Å². The van der Waals surface area contributed by atoms with Crippen molar-refractivity contribution in [2.45, 2.75) is 26.4 Å². The third-order valence-corrected chi connectivity index (χ3v) is 3.29. The molecule has 1 unspecified atom stereocenters. The Morgan fingerprint density at radius 2 is 2.00 bits per heavy atom. The van der Waals surface area contributed by atoms with Gasteiger partial charge in [-0.2, -0.15) is 5.10 Å². The zero-order chi connectivity index (χ0) is 13.1. The molecule has 3 nitrogen and oxygen atoms in total. The van der Waals surface area contributed by atoms with Gasteiger partial charge in [-0.1, -0.05) is 12.1 Å². The van der Waals surface area contributed by atoms with Crippen LogP contribution in [-0.4, -0.2) is 16.8 Å². The fraction of sp³-hybridized carbons (Fsp3) is 0.357. The van der Waals surface area contributed by atoms with Crippen molar-refractivity contribution in [1.82, 2.24) is 15.1 Å². The Labute approximate surface area is 107 Å². The van der Waals surface area contributed by atoms with Gasteiger partial charge in [0.2, 0.25) is 0 Å². The zero-order valence-electron chi connectivity index (χ0n) is 10.9. The highest BCUT2D eigenvalue weighted by Crippen LogP contribution is 2.17. The maximum Gasteiger partial charge on any atom is 0.123 e. The second-order valence-corrected chi connectivity index (χ2v) is 4.48. The quantitative estimate of drug-likeness (QED) is 0.900. The molecule has 0 radical (unpaired) electrons. The lowest BCUT2D eigenvalue weighted by molar-refractivity contribution is 0.620. The van der Waals surface area contributed by atoms with Gasteiger partial charge in [-0.15, -0.1) is 0 Å². The largest absolute Gasteiger partial charge is 0.313 e. The van der Waals surface area contributed by atoms with Gasteiger partial charge >= 0.3 is 0 Å². The average Bonchev–Trinajstić information content (AvgIpc) is 2.73. The molecule has 0 aliphatic rings. The van der Waals surface area contributed by atoms with Gasteiger partial charge in [0.15, 0.2) is 0 Å². The standard InChI is InChI=1S/C14H18FN3/c1-10(16-3)14-8-17-18(11(14)2)9-12-4-6-13(15)7-5-12/h4-8,10,16H,9H2,1-3H3. The van der Waals surface area contributed by atoms with Gasteiger partial charge in [0, 0.05) is 17.3 Å². The summed E-state index contributed by atoms with van der Waals surface area (Å²) < 4.78 is 14.8. The molecule has 0 amide bonds. The van der Waals surface area contributed by atoms with E-state index in [1.165, 1.54) is 17.7 Å². The van der Waals surface area contributed by atoms with Crippen LogP contribution in [0, 0.1) is 12.7 Å². The summed E-state index contributed by atoms with van der Waals surface area (Å²) in [5, 5.41) is 7.59. The number of benzene rings is 1. The molecule has 0 saturated heterocycles. The minimum atomic E-state index is -0.208. The molecule has 2 rings (SSSR count). The third kappa shape index (κ3) is 2.59. The Hall–Kier alpha value is -1.68. The first kappa shape index (κ1) is 12.8. The van der Waals surface area contributed by atoms with Crippen molar-refractivity contribution in [2.75, 3.05) is 7.05 Å². The summed E-state index contributed by atoms with van der Waals surface area (Å²) in [4.78, 5) is 0. The van der Waals surface area contributed by atoms with E-state index in [0.29, 0.717) is 6.54 Å². The van der Waals surface area contributed by atoms with Crippen LogP contribution in [0.25, 0.3) is 0 Å². The second kappa shape index (κ2) is 5.31. The number of halogens is 1. The molecule has 0 spiro atoms. The fourth-order valence-corrected chi connectivity index (χ4v) is 1.96. The summed E-state index contributed by atoms with van der Waals surface area (Å²) in [5.41, 5.74) is 3.38. The predicted molar refractivity (Wildman–Crippen MR) is 69.9 cm³/mol. The number of hydrogen-bond donors (Lipinski definition) is 1. The van der Waals surface area contributed by atoms with Crippen LogP contribution in [0.3, 0.4) is 0 Å². The minimum Gasteiger partial charge on any atom is -0.313 e.